The van der Waals surface area contributed by atoms with E-state index >= 15 is 0 Å². The maximum absolute atomic E-state index is 12.1. The Kier molecular flexibility index (Phi) is 3.02. The van der Waals surface area contributed by atoms with Crippen LogP contribution in [0.25, 0.3) is 0 Å². The number of aromatic carboxylic acids is 1. The van der Waals surface area contributed by atoms with Gasteiger partial charge in [0.1, 0.15) is 5.76 Å². The Labute approximate surface area is 114 Å². The summed E-state index contributed by atoms with van der Waals surface area (Å²) in [4.78, 5) is 29.3. The van der Waals surface area contributed by atoms with Crippen LogP contribution < -0.4 is 5.32 Å². The van der Waals surface area contributed by atoms with Crippen LogP contribution in [0, 0.1) is 0 Å². The average molecular weight is 275 g/mol. The lowest BCUT2D eigenvalue weighted by Crippen LogP contribution is -2.31. The Hall–Kier alpha value is -2.57. The average Bonchev–Trinajstić information content (AvgIpc) is 3.08. The first-order chi connectivity index (χ1) is 9.66. The number of hydrogen-bond acceptors (Lipinski definition) is 4. The van der Waals surface area contributed by atoms with Crippen LogP contribution in [0.15, 0.2) is 23.1 Å². The van der Waals surface area contributed by atoms with Crippen LogP contribution in [-0.4, -0.2) is 27.0 Å². The Morgan fingerprint density at radius 2 is 2.35 bits per heavy atom. The fraction of sp³-hybridized carbons (Fsp3) is 0.308. The van der Waals surface area contributed by atoms with Gasteiger partial charge in [0.2, 0.25) is 0 Å². The molecule has 2 heterocycles. The summed E-state index contributed by atoms with van der Waals surface area (Å²) in [5, 5.41) is 11.8. The molecule has 3 rings (SSSR count). The summed E-state index contributed by atoms with van der Waals surface area (Å²) in [6.07, 6.45) is 5.37. The third-order valence-electron chi connectivity index (χ3n) is 3.43. The topological polar surface area (TPSA) is 108 Å². The van der Waals surface area contributed by atoms with E-state index in [-0.39, 0.29) is 17.4 Å². The molecule has 1 unspecified atom stereocenters. The molecule has 7 nitrogen and oxygen atoms in total. The van der Waals surface area contributed by atoms with E-state index in [0.717, 1.165) is 30.6 Å². The zero-order valence-corrected chi connectivity index (χ0v) is 10.5. The number of furan rings is 1. The summed E-state index contributed by atoms with van der Waals surface area (Å²) in [5.41, 5.74) is 0.649. The van der Waals surface area contributed by atoms with E-state index in [2.05, 4.69) is 15.3 Å². The first-order valence-corrected chi connectivity index (χ1v) is 6.30. The minimum atomic E-state index is -1.21. The Morgan fingerprint density at radius 1 is 1.50 bits per heavy atom. The number of carbonyl (C=O) groups is 2. The van der Waals surface area contributed by atoms with E-state index in [1.54, 1.807) is 6.26 Å². The molecule has 2 aromatic rings. The number of H-pyrrole nitrogens is 1. The number of aromatic amines is 1. The van der Waals surface area contributed by atoms with Gasteiger partial charge in [0, 0.05) is 12.0 Å². The molecule has 0 fully saturated rings. The zero-order chi connectivity index (χ0) is 14.1. The van der Waals surface area contributed by atoms with Crippen LogP contribution in [0.1, 0.15) is 51.2 Å². The molecule has 20 heavy (non-hydrogen) atoms. The smallest absolute Gasteiger partial charge is 0.354 e. The number of carboxylic acids is 1. The predicted octanol–water partition coefficient (Wildman–Crippen LogP) is 1.51. The summed E-state index contributed by atoms with van der Waals surface area (Å²) in [6.45, 7) is 0. The fourth-order valence-electron chi connectivity index (χ4n) is 2.49. The van der Waals surface area contributed by atoms with Crippen LogP contribution in [0.3, 0.4) is 0 Å². The van der Waals surface area contributed by atoms with E-state index in [4.69, 9.17) is 9.52 Å². The molecular weight excluding hydrogens is 262 g/mol. The molecule has 1 amide bonds. The Balaban J connectivity index is 1.81. The molecule has 1 atom stereocenters. The molecule has 7 heteroatoms. The molecule has 1 aliphatic rings. The lowest BCUT2D eigenvalue weighted by atomic mass is 9.93. The monoisotopic (exact) mass is 275 g/mol. The van der Waals surface area contributed by atoms with Crippen LogP contribution in [0.5, 0.6) is 0 Å². The number of amides is 1. The standard InChI is InChI=1S/C13H13N3O4/c17-12(10-11(13(18)19)15-6-14-10)16-8-2-1-3-9-7(8)4-5-20-9/h4-6,8H,1-3H2,(H,14,15)(H,16,17)(H,18,19). The van der Waals surface area contributed by atoms with E-state index in [1.807, 2.05) is 6.07 Å². The SMILES string of the molecule is O=C(NC1CCCc2occc21)c1nc[nH]c1C(=O)O. The van der Waals surface area contributed by atoms with E-state index in [0.29, 0.717) is 0 Å². The van der Waals surface area contributed by atoms with Gasteiger partial charge >= 0.3 is 5.97 Å². The third kappa shape index (κ3) is 2.07. The number of aromatic nitrogens is 2. The van der Waals surface area contributed by atoms with Gasteiger partial charge in [-0.1, -0.05) is 0 Å². The van der Waals surface area contributed by atoms with Crippen molar-refractivity contribution in [2.75, 3.05) is 0 Å². The predicted molar refractivity (Wildman–Crippen MR) is 67.4 cm³/mol. The van der Waals surface area contributed by atoms with Gasteiger partial charge in [-0.3, -0.25) is 4.79 Å². The number of nitrogens with one attached hydrogen (secondary N) is 2. The Morgan fingerprint density at radius 3 is 3.15 bits per heavy atom. The maximum Gasteiger partial charge on any atom is 0.354 e. The van der Waals surface area contributed by atoms with Gasteiger partial charge in [-0.15, -0.1) is 0 Å². The highest BCUT2D eigenvalue weighted by molar-refractivity contribution is 6.02. The van der Waals surface area contributed by atoms with E-state index in [9.17, 15) is 9.59 Å². The fourth-order valence-corrected chi connectivity index (χ4v) is 2.49. The van der Waals surface area contributed by atoms with Crippen LogP contribution >= 0.6 is 0 Å². The van der Waals surface area contributed by atoms with Crippen LogP contribution in [0.4, 0.5) is 0 Å². The van der Waals surface area contributed by atoms with Gasteiger partial charge in [0.25, 0.3) is 5.91 Å². The second-order valence-electron chi connectivity index (χ2n) is 4.65. The van der Waals surface area contributed by atoms with E-state index in [1.165, 1.54) is 6.33 Å². The number of carbonyl (C=O) groups excluding carboxylic acids is 1. The summed E-state index contributed by atoms with van der Waals surface area (Å²) >= 11 is 0. The lowest BCUT2D eigenvalue weighted by Gasteiger charge is -2.22. The molecule has 0 spiro atoms. The molecule has 0 bridgehead atoms. The van der Waals surface area contributed by atoms with Gasteiger partial charge < -0.3 is 19.8 Å². The van der Waals surface area contributed by atoms with Crippen molar-refractivity contribution in [3.8, 4) is 0 Å². The van der Waals surface area contributed by atoms with Crippen LogP contribution in [-0.2, 0) is 6.42 Å². The summed E-state index contributed by atoms with van der Waals surface area (Å²) < 4.78 is 5.35. The quantitative estimate of drug-likeness (QED) is 0.786. The van der Waals surface area contributed by atoms with Crippen molar-refractivity contribution >= 4 is 11.9 Å². The highest BCUT2D eigenvalue weighted by Crippen LogP contribution is 2.30. The summed E-state index contributed by atoms with van der Waals surface area (Å²) in [7, 11) is 0. The first-order valence-electron chi connectivity index (χ1n) is 6.30. The molecule has 0 saturated carbocycles. The Bertz CT molecular complexity index is 658. The number of aryl methyl sites for hydroxylation is 1. The molecule has 1 aliphatic carbocycles. The van der Waals surface area contributed by atoms with Gasteiger partial charge in [-0.05, 0) is 18.9 Å². The van der Waals surface area contributed by atoms with Gasteiger partial charge in [0.15, 0.2) is 11.4 Å². The van der Waals surface area contributed by atoms with Crippen molar-refractivity contribution in [3.05, 3.63) is 41.4 Å². The molecular formula is C13H13N3O4. The van der Waals surface area contributed by atoms with Gasteiger partial charge in [0.05, 0.1) is 18.6 Å². The minimum Gasteiger partial charge on any atom is -0.477 e. The van der Waals surface area contributed by atoms with Crippen molar-refractivity contribution in [1.29, 1.82) is 0 Å². The van der Waals surface area contributed by atoms with Crippen molar-refractivity contribution in [2.24, 2.45) is 0 Å². The molecule has 0 saturated heterocycles. The third-order valence-corrected chi connectivity index (χ3v) is 3.43. The normalized spacial score (nSPS) is 17.5. The minimum absolute atomic E-state index is 0.104. The largest absolute Gasteiger partial charge is 0.477 e. The number of imidazole rings is 1. The number of carboxylic acid groups (broad SMARTS) is 1. The first kappa shape index (κ1) is 12.5. The van der Waals surface area contributed by atoms with Crippen molar-refractivity contribution in [1.82, 2.24) is 15.3 Å². The van der Waals surface area contributed by atoms with Gasteiger partial charge in [-0.25, -0.2) is 9.78 Å². The van der Waals surface area contributed by atoms with Crippen molar-refractivity contribution in [2.45, 2.75) is 25.3 Å². The maximum atomic E-state index is 12.1. The molecule has 104 valence electrons. The second-order valence-corrected chi connectivity index (χ2v) is 4.65. The van der Waals surface area contributed by atoms with E-state index < -0.39 is 11.9 Å². The number of rotatable bonds is 3. The molecule has 0 radical (unpaired) electrons. The van der Waals surface area contributed by atoms with Crippen LogP contribution in [0.2, 0.25) is 0 Å². The lowest BCUT2D eigenvalue weighted by molar-refractivity contribution is 0.0684. The zero-order valence-electron chi connectivity index (χ0n) is 10.5. The molecule has 3 N–H and O–H groups in total. The summed E-state index contributed by atoms with van der Waals surface area (Å²) in [5.74, 6) is -0.829. The van der Waals surface area contributed by atoms with Crippen molar-refractivity contribution < 1.29 is 19.1 Å². The summed E-state index contributed by atoms with van der Waals surface area (Å²) in [6, 6.07) is 1.67. The highest BCUT2D eigenvalue weighted by Gasteiger charge is 2.27. The molecule has 0 aliphatic heterocycles. The highest BCUT2D eigenvalue weighted by atomic mass is 16.4. The van der Waals surface area contributed by atoms with Gasteiger partial charge in [-0.2, -0.15) is 0 Å². The number of nitrogens with zero attached hydrogens (tertiary/aromatic N) is 1. The molecule has 2 aromatic heterocycles. The van der Waals surface area contributed by atoms with Crippen molar-refractivity contribution in [3.63, 3.8) is 0 Å². The number of fused-ring (bicyclic) bond motifs is 1. The molecule has 0 aromatic carbocycles. The second kappa shape index (κ2) is 4.84. The number of hydrogen-bond donors (Lipinski definition) is 3.